The molecule has 1 aromatic carbocycles. The summed E-state index contributed by atoms with van der Waals surface area (Å²) in [4.78, 5) is 8.99. The van der Waals surface area contributed by atoms with E-state index in [4.69, 9.17) is 0 Å². The van der Waals surface area contributed by atoms with Crippen LogP contribution >= 0.6 is 15.9 Å². The van der Waals surface area contributed by atoms with Crippen LogP contribution in [0.25, 0.3) is 11.2 Å². The van der Waals surface area contributed by atoms with Crippen LogP contribution in [0.1, 0.15) is 26.8 Å². The van der Waals surface area contributed by atoms with Crippen LogP contribution in [0.2, 0.25) is 0 Å². The molecule has 25 heavy (non-hydrogen) atoms. The first-order chi connectivity index (χ1) is 11.9. The monoisotopic (exact) mass is 405 g/mol. The Hall–Kier alpha value is -2.26. The molecule has 132 valence electrons. The number of halogens is 1. The molecule has 2 aromatic heterocycles. The minimum absolute atomic E-state index is 0.116. The number of nitrogens with zero attached hydrogens (tertiary/aromatic N) is 5. The molecule has 0 spiro atoms. The number of aliphatic hydroxyl groups is 1. The van der Waals surface area contributed by atoms with Gasteiger partial charge >= 0.3 is 0 Å². The summed E-state index contributed by atoms with van der Waals surface area (Å²) < 4.78 is 2.74. The van der Waals surface area contributed by atoms with Crippen molar-refractivity contribution in [2.75, 3.05) is 17.2 Å². The van der Waals surface area contributed by atoms with Crippen LogP contribution in [0, 0.1) is 0 Å². The first-order valence-electron chi connectivity index (χ1n) is 8.01. The van der Waals surface area contributed by atoms with E-state index in [2.05, 4.69) is 46.8 Å². The highest BCUT2D eigenvalue weighted by Gasteiger charge is 2.16. The third kappa shape index (κ3) is 4.05. The van der Waals surface area contributed by atoms with Crippen LogP contribution in [0.3, 0.4) is 0 Å². The summed E-state index contributed by atoms with van der Waals surface area (Å²) in [6.07, 6.45) is -0.504. The lowest BCUT2D eigenvalue weighted by Gasteiger charge is -2.11. The summed E-state index contributed by atoms with van der Waals surface area (Å²) >= 11 is 3.42. The number of aliphatic hydroxyl groups excluding tert-OH is 1. The molecule has 0 fully saturated rings. The number of benzene rings is 1. The van der Waals surface area contributed by atoms with Crippen molar-refractivity contribution < 1.29 is 5.11 Å². The Bertz CT molecular complexity index is 861. The van der Waals surface area contributed by atoms with Crippen molar-refractivity contribution in [1.82, 2.24) is 25.0 Å². The van der Waals surface area contributed by atoms with Gasteiger partial charge < -0.3 is 15.7 Å². The molecule has 0 bridgehead atoms. The Morgan fingerprint density at radius 3 is 2.52 bits per heavy atom. The van der Waals surface area contributed by atoms with E-state index in [1.807, 2.05) is 38.1 Å². The number of anilines is 3. The average Bonchev–Trinajstić information content (AvgIpc) is 2.99. The van der Waals surface area contributed by atoms with Crippen LogP contribution < -0.4 is 10.6 Å². The summed E-state index contributed by atoms with van der Waals surface area (Å²) in [7, 11) is 0. The van der Waals surface area contributed by atoms with Gasteiger partial charge in [0, 0.05) is 16.7 Å². The van der Waals surface area contributed by atoms with Crippen LogP contribution in [-0.4, -0.2) is 42.7 Å². The molecule has 0 amide bonds. The second kappa shape index (κ2) is 7.32. The maximum Gasteiger partial charge on any atom is 0.226 e. The van der Waals surface area contributed by atoms with Crippen molar-refractivity contribution in [2.24, 2.45) is 0 Å². The van der Waals surface area contributed by atoms with E-state index < -0.39 is 6.10 Å². The predicted molar refractivity (Wildman–Crippen MR) is 101 cm³/mol. The van der Waals surface area contributed by atoms with Crippen molar-refractivity contribution in [3.8, 4) is 0 Å². The second-order valence-corrected chi connectivity index (χ2v) is 6.97. The number of nitrogens with one attached hydrogen (secondary N) is 2. The van der Waals surface area contributed by atoms with Gasteiger partial charge in [0.1, 0.15) is 0 Å². The van der Waals surface area contributed by atoms with Crippen molar-refractivity contribution in [1.29, 1.82) is 0 Å². The van der Waals surface area contributed by atoms with Gasteiger partial charge in [-0.25, -0.2) is 4.68 Å². The third-order valence-electron chi connectivity index (χ3n) is 3.48. The van der Waals surface area contributed by atoms with Crippen molar-refractivity contribution in [2.45, 2.75) is 32.9 Å². The van der Waals surface area contributed by atoms with Crippen LogP contribution in [0.4, 0.5) is 17.5 Å². The number of hydrogen-bond donors (Lipinski definition) is 3. The van der Waals surface area contributed by atoms with Crippen LogP contribution in [0.15, 0.2) is 28.7 Å². The van der Waals surface area contributed by atoms with Gasteiger partial charge in [-0.15, -0.1) is 5.10 Å². The molecule has 9 heteroatoms. The average molecular weight is 406 g/mol. The molecule has 0 aliphatic carbocycles. The van der Waals surface area contributed by atoms with Gasteiger partial charge in [-0.3, -0.25) is 0 Å². The number of aromatic nitrogens is 5. The van der Waals surface area contributed by atoms with Gasteiger partial charge in [-0.1, -0.05) is 21.1 Å². The quantitative estimate of drug-likeness (QED) is 0.578. The molecular formula is C16H20BrN7O. The SMILES string of the molecule is CC(O)CNc1nc(Nc2ccc(Br)cc2)c2nnn(C(C)C)c2n1. The molecule has 3 rings (SSSR count). The van der Waals surface area contributed by atoms with Gasteiger partial charge in [-0.2, -0.15) is 9.97 Å². The normalized spacial score (nSPS) is 12.6. The molecule has 3 N–H and O–H groups in total. The summed E-state index contributed by atoms with van der Waals surface area (Å²) in [5.41, 5.74) is 2.11. The lowest BCUT2D eigenvalue weighted by Crippen LogP contribution is -2.17. The molecular weight excluding hydrogens is 386 g/mol. The topological polar surface area (TPSA) is 101 Å². The predicted octanol–water partition coefficient (Wildman–Crippen LogP) is 3.10. The fourth-order valence-corrected chi connectivity index (χ4v) is 2.52. The molecule has 8 nitrogen and oxygen atoms in total. The van der Waals surface area contributed by atoms with Crippen LogP contribution in [0.5, 0.6) is 0 Å². The molecule has 0 aliphatic rings. The Balaban J connectivity index is 2.03. The van der Waals surface area contributed by atoms with E-state index in [1.165, 1.54) is 0 Å². The van der Waals surface area contributed by atoms with Crippen molar-refractivity contribution >= 4 is 44.5 Å². The summed E-state index contributed by atoms with van der Waals surface area (Å²) in [5.74, 6) is 0.976. The largest absolute Gasteiger partial charge is 0.392 e. The molecule has 0 radical (unpaired) electrons. The zero-order valence-corrected chi connectivity index (χ0v) is 15.8. The Labute approximate surface area is 153 Å². The smallest absolute Gasteiger partial charge is 0.226 e. The second-order valence-electron chi connectivity index (χ2n) is 6.06. The van der Waals surface area contributed by atoms with E-state index in [0.29, 0.717) is 29.5 Å². The van der Waals surface area contributed by atoms with E-state index in [9.17, 15) is 5.11 Å². The zero-order chi connectivity index (χ0) is 18.0. The summed E-state index contributed by atoms with van der Waals surface area (Å²) in [6, 6.07) is 7.88. The Morgan fingerprint density at radius 2 is 1.88 bits per heavy atom. The molecule has 2 heterocycles. The Kier molecular flexibility index (Phi) is 5.14. The fourth-order valence-electron chi connectivity index (χ4n) is 2.25. The van der Waals surface area contributed by atoms with Crippen molar-refractivity contribution in [3.05, 3.63) is 28.7 Å². The molecule has 0 saturated heterocycles. The summed E-state index contributed by atoms with van der Waals surface area (Å²) in [6.45, 7) is 6.08. The molecule has 0 saturated carbocycles. The molecule has 1 atom stereocenters. The van der Waals surface area contributed by atoms with E-state index in [0.717, 1.165) is 10.2 Å². The van der Waals surface area contributed by atoms with E-state index >= 15 is 0 Å². The lowest BCUT2D eigenvalue weighted by atomic mass is 10.3. The van der Waals surface area contributed by atoms with Crippen LogP contribution in [-0.2, 0) is 0 Å². The molecule has 0 aliphatic heterocycles. The number of hydrogen-bond acceptors (Lipinski definition) is 7. The molecule has 3 aromatic rings. The number of rotatable bonds is 6. The van der Waals surface area contributed by atoms with E-state index in [-0.39, 0.29) is 6.04 Å². The maximum atomic E-state index is 9.49. The Morgan fingerprint density at radius 1 is 1.16 bits per heavy atom. The first-order valence-corrected chi connectivity index (χ1v) is 8.81. The molecule has 1 unspecified atom stereocenters. The minimum atomic E-state index is -0.504. The van der Waals surface area contributed by atoms with Gasteiger partial charge in [0.15, 0.2) is 17.0 Å². The van der Waals surface area contributed by atoms with Gasteiger partial charge in [0.05, 0.1) is 12.1 Å². The van der Waals surface area contributed by atoms with Gasteiger partial charge in [-0.05, 0) is 45.0 Å². The summed E-state index contributed by atoms with van der Waals surface area (Å²) in [5, 5.41) is 24.2. The van der Waals surface area contributed by atoms with Crippen molar-refractivity contribution in [3.63, 3.8) is 0 Å². The van der Waals surface area contributed by atoms with Gasteiger partial charge in [0.25, 0.3) is 0 Å². The highest BCUT2D eigenvalue weighted by atomic mass is 79.9. The van der Waals surface area contributed by atoms with E-state index in [1.54, 1.807) is 11.6 Å². The minimum Gasteiger partial charge on any atom is -0.392 e. The maximum absolute atomic E-state index is 9.49. The zero-order valence-electron chi connectivity index (χ0n) is 14.2. The lowest BCUT2D eigenvalue weighted by molar-refractivity contribution is 0.208. The highest BCUT2D eigenvalue weighted by molar-refractivity contribution is 9.10. The third-order valence-corrected chi connectivity index (χ3v) is 4.00. The number of fused-ring (bicyclic) bond motifs is 1. The standard InChI is InChI=1S/C16H20BrN7O/c1-9(2)24-15-13(22-23-24)14(19-12-6-4-11(17)5-7-12)20-16(21-15)18-8-10(3)25/h4-7,9-10,25H,8H2,1-3H3,(H2,18,19,20,21). The first kappa shape index (κ1) is 17.6. The van der Waals surface area contributed by atoms with Gasteiger partial charge in [0.2, 0.25) is 5.95 Å². The fraction of sp³-hybridized carbons (Fsp3) is 0.375. The highest BCUT2D eigenvalue weighted by Crippen LogP contribution is 2.25.